The molecule has 0 atom stereocenters. The topological polar surface area (TPSA) is 123 Å². The number of amides is 1. The van der Waals surface area contributed by atoms with E-state index < -0.39 is 0 Å². The number of hydrogen-bond donors (Lipinski definition) is 3. The van der Waals surface area contributed by atoms with Crippen LogP contribution in [-0.2, 0) is 4.74 Å². The van der Waals surface area contributed by atoms with Gasteiger partial charge in [-0.05, 0) is 24.6 Å². The number of ether oxygens (including phenoxy) is 1. The molecule has 0 spiro atoms. The van der Waals surface area contributed by atoms with E-state index in [4.69, 9.17) is 20.4 Å². The van der Waals surface area contributed by atoms with Crippen LogP contribution in [-0.4, -0.2) is 52.0 Å². The van der Waals surface area contributed by atoms with Gasteiger partial charge in [-0.25, -0.2) is 9.97 Å². The number of benzene rings is 2. The normalized spacial score (nSPS) is 11.8. The Kier molecular flexibility index (Phi) is 5.45. The van der Waals surface area contributed by atoms with Gasteiger partial charge in [0.05, 0.1) is 17.2 Å². The van der Waals surface area contributed by atoms with Crippen molar-refractivity contribution in [3.8, 4) is 0 Å². The smallest absolute Gasteiger partial charge is 0.257 e. The second-order valence-electron chi connectivity index (χ2n) is 7.59. The van der Waals surface area contributed by atoms with Crippen LogP contribution >= 0.6 is 0 Å². The summed E-state index contributed by atoms with van der Waals surface area (Å²) in [6, 6.07) is 15.4. The lowest BCUT2D eigenvalue weighted by Gasteiger charge is -2.05. The van der Waals surface area contributed by atoms with Crippen LogP contribution in [0.5, 0.6) is 0 Å². The highest BCUT2D eigenvalue weighted by Crippen LogP contribution is 2.28. The van der Waals surface area contributed by atoms with E-state index in [0.29, 0.717) is 41.8 Å². The lowest BCUT2D eigenvalue weighted by molar-refractivity contribution is 0.0951. The van der Waals surface area contributed by atoms with E-state index in [1.54, 1.807) is 13.3 Å². The Morgan fingerprint density at radius 2 is 1.94 bits per heavy atom. The number of para-hydroxylation sites is 3. The summed E-state index contributed by atoms with van der Waals surface area (Å²) >= 11 is 0. The van der Waals surface area contributed by atoms with Crippen LogP contribution in [0, 0.1) is 0 Å². The van der Waals surface area contributed by atoms with Crippen LogP contribution in [0.25, 0.3) is 33.1 Å². The van der Waals surface area contributed by atoms with Gasteiger partial charge in [-0.15, -0.1) is 0 Å². The molecule has 0 fully saturated rings. The summed E-state index contributed by atoms with van der Waals surface area (Å²) in [7, 11) is 1.62. The lowest BCUT2D eigenvalue weighted by atomic mass is 10.2. The van der Waals surface area contributed by atoms with Crippen molar-refractivity contribution in [3.05, 3.63) is 65.9 Å². The summed E-state index contributed by atoms with van der Waals surface area (Å²) in [5, 5.41) is 8.51. The monoisotopic (exact) mass is 441 g/mol. The van der Waals surface area contributed by atoms with Crippen LogP contribution in [0.4, 0.5) is 5.82 Å². The molecular formula is C24H23N7O2. The first kappa shape index (κ1) is 20.7. The van der Waals surface area contributed by atoms with Crippen LogP contribution in [0.15, 0.2) is 59.8 Å². The number of nitrogens with two attached hydrogens (primary N) is 1. The molecule has 4 N–H and O–H groups in total. The fraction of sp³-hybridized carbons (Fsp3) is 0.167. The Hall–Kier alpha value is -4.24. The molecule has 33 heavy (non-hydrogen) atoms. The van der Waals surface area contributed by atoms with Crippen molar-refractivity contribution in [1.29, 1.82) is 0 Å². The summed E-state index contributed by atoms with van der Waals surface area (Å²) < 4.78 is 6.52. The Balaban J connectivity index is 1.62. The third-order valence-electron chi connectivity index (χ3n) is 5.45. The zero-order chi connectivity index (χ0) is 22.8. The van der Waals surface area contributed by atoms with Crippen LogP contribution < -0.4 is 11.1 Å². The number of H-pyrrole nitrogens is 1. The number of fused-ring (bicyclic) bond motifs is 3. The summed E-state index contributed by atoms with van der Waals surface area (Å²) in [5.74, 6) is -0.139. The molecule has 3 aromatic heterocycles. The van der Waals surface area contributed by atoms with Crippen molar-refractivity contribution in [3.63, 3.8) is 0 Å². The number of nitrogens with zero attached hydrogens (tertiary/aromatic N) is 4. The van der Waals surface area contributed by atoms with Crippen molar-refractivity contribution in [2.45, 2.75) is 6.42 Å². The highest BCUT2D eigenvalue weighted by molar-refractivity contribution is 6.11. The van der Waals surface area contributed by atoms with E-state index in [-0.39, 0.29) is 17.3 Å². The van der Waals surface area contributed by atoms with Gasteiger partial charge in [0.2, 0.25) is 0 Å². The molecule has 0 aliphatic heterocycles. The fourth-order valence-corrected chi connectivity index (χ4v) is 3.82. The number of nitrogen functional groups attached to an aromatic ring is 1. The van der Waals surface area contributed by atoms with Gasteiger partial charge in [-0.3, -0.25) is 4.79 Å². The minimum Gasteiger partial charge on any atom is -0.385 e. The molecule has 2 aromatic carbocycles. The number of rotatable bonds is 7. The molecule has 0 unspecified atom stereocenters. The third-order valence-corrected chi connectivity index (χ3v) is 5.45. The molecule has 1 amide bonds. The van der Waals surface area contributed by atoms with Gasteiger partial charge >= 0.3 is 0 Å². The molecule has 5 rings (SSSR count). The quantitative estimate of drug-likeness (QED) is 0.264. The highest BCUT2D eigenvalue weighted by Gasteiger charge is 2.23. The summed E-state index contributed by atoms with van der Waals surface area (Å²) in [4.78, 5) is 25.7. The largest absolute Gasteiger partial charge is 0.385 e. The zero-order valence-corrected chi connectivity index (χ0v) is 18.1. The number of nitrogens with one attached hydrogen (secondary N) is 2. The molecule has 0 saturated heterocycles. The van der Waals surface area contributed by atoms with E-state index in [1.165, 1.54) is 4.68 Å². The van der Waals surface area contributed by atoms with Gasteiger partial charge in [-0.2, -0.15) is 9.78 Å². The zero-order valence-electron chi connectivity index (χ0n) is 18.1. The molecule has 0 saturated carbocycles. The maximum absolute atomic E-state index is 13.0. The molecule has 0 aliphatic carbocycles. The lowest BCUT2D eigenvalue weighted by Crippen LogP contribution is -2.26. The van der Waals surface area contributed by atoms with E-state index in [0.717, 1.165) is 16.5 Å². The van der Waals surface area contributed by atoms with Gasteiger partial charge in [0.25, 0.3) is 5.91 Å². The molecular weight excluding hydrogens is 418 g/mol. The Bertz CT molecular complexity index is 1500. The molecule has 0 bridgehead atoms. The number of methoxy groups -OCH3 is 1. The average molecular weight is 441 g/mol. The minimum atomic E-state index is -0.320. The Morgan fingerprint density at radius 3 is 2.76 bits per heavy atom. The maximum Gasteiger partial charge on any atom is 0.257 e. The van der Waals surface area contributed by atoms with E-state index in [1.807, 2.05) is 54.7 Å². The van der Waals surface area contributed by atoms with E-state index in [2.05, 4.69) is 15.4 Å². The molecule has 5 aromatic rings. The SMILES string of the molecule is COCCCNC(=O)c1c(N)n(N=Cc2c[nH]c3ccccc23)c2nc3ccccc3nc12. The average Bonchev–Trinajstić information content (AvgIpc) is 3.36. The third kappa shape index (κ3) is 3.79. The van der Waals surface area contributed by atoms with Crippen molar-refractivity contribution in [1.82, 2.24) is 24.9 Å². The predicted molar refractivity (Wildman–Crippen MR) is 130 cm³/mol. The fourth-order valence-electron chi connectivity index (χ4n) is 3.82. The van der Waals surface area contributed by atoms with Crippen molar-refractivity contribution in [2.24, 2.45) is 5.10 Å². The maximum atomic E-state index is 13.0. The second kappa shape index (κ2) is 8.71. The highest BCUT2D eigenvalue weighted by atomic mass is 16.5. The minimum absolute atomic E-state index is 0.181. The van der Waals surface area contributed by atoms with Crippen LogP contribution in [0.2, 0.25) is 0 Å². The predicted octanol–water partition coefficient (Wildman–Crippen LogP) is 3.30. The Morgan fingerprint density at radius 1 is 1.18 bits per heavy atom. The second-order valence-corrected chi connectivity index (χ2v) is 7.59. The number of anilines is 1. The van der Waals surface area contributed by atoms with E-state index >= 15 is 0 Å². The first-order valence-corrected chi connectivity index (χ1v) is 10.6. The summed E-state index contributed by atoms with van der Waals surface area (Å²) in [5.41, 5.74) is 10.8. The molecule has 9 heteroatoms. The van der Waals surface area contributed by atoms with Crippen molar-refractivity contribution >= 4 is 51.0 Å². The molecule has 3 heterocycles. The van der Waals surface area contributed by atoms with Crippen molar-refractivity contribution < 1.29 is 9.53 Å². The van der Waals surface area contributed by atoms with Crippen LogP contribution in [0.3, 0.4) is 0 Å². The van der Waals surface area contributed by atoms with Gasteiger partial charge < -0.3 is 20.8 Å². The first-order valence-electron chi connectivity index (χ1n) is 10.6. The van der Waals surface area contributed by atoms with Gasteiger partial charge in [0.1, 0.15) is 16.9 Å². The number of carbonyl (C=O) groups is 1. The summed E-state index contributed by atoms with van der Waals surface area (Å²) in [6.45, 7) is 1.01. The number of aromatic amines is 1. The number of carbonyl (C=O) groups excluding carboxylic acids is 1. The Labute approximate surface area is 189 Å². The van der Waals surface area contributed by atoms with Crippen LogP contribution in [0.1, 0.15) is 22.3 Å². The molecule has 166 valence electrons. The first-order chi connectivity index (χ1) is 16.2. The molecule has 0 radical (unpaired) electrons. The summed E-state index contributed by atoms with van der Waals surface area (Å²) in [6.07, 6.45) is 4.26. The standard InChI is InChI=1S/C24H23N7O2/c1-33-12-6-11-26-24(32)20-21-23(30-19-10-5-4-9-18(19)29-21)31(22(20)25)28-14-15-13-27-17-8-3-2-7-16(15)17/h2-5,7-10,13-14,27H,6,11-12,25H2,1H3,(H,26,32). The number of hydrogen-bond acceptors (Lipinski definition) is 6. The molecule has 0 aliphatic rings. The number of aromatic nitrogens is 4. The van der Waals surface area contributed by atoms with Crippen molar-refractivity contribution in [2.75, 3.05) is 26.0 Å². The molecule has 9 nitrogen and oxygen atoms in total. The van der Waals surface area contributed by atoms with Gasteiger partial charge in [-0.1, -0.05) is 30.3 Å². The van der Waals surface area contributed by atoms with Gasteiger partial charge in [0, 0.05) is 42.9 Å². The van der Waals surface area contributed by atoms with E-state index in [9.17, 15) is 4.79 Å². The van der Waals surface area contributed by atoms with Gasteiger partial charge in [0.15, 0.2) is 5.65 Å².